The largest absolute Gasteiger partial charge is 0.394 e. The number of rotatable bonds is 9. The fraction of sp³-hybridized carbons (Fsp3) is 0.600. The maximum Gasteiger partial charge on any atom is 0.246 e. The van der Waals surface area contributed by atoms with Crippen LogP contribution in [0, 0.1) is 12.3 Å². The predicted molar refractivity (Wildman–Crippen MR) is 158 cm³/mol. The third kappa shape index (κ3) is 7.71. The van der Waals surface area contributed by atoms with Crippen molar-refractivity contribution in [1.82, 2.24) is 25.4 Å². The van der Waals surface area contributed by atoms with Crippen LogP contribution in [0.25, 0.3) is 10.4 Å². The fourth-order valence-electron chi connectivity index (χ4n) is 5.60. The Kier molecular flexibility index (Phi) is 10.2. The molecule has 0 saturated carbocycles. The number of likely N-dealkylation sites (tertiary alicyclic amines) is 2. The average Bonchev–Trinajstić information content (AvgIpc) is 3.55. The van der Waals surface area contributed by atoms with Crippen molar-refractivity contribution >= 4 is 29.1 Å². The molecule has 4 atom stereocenters. The Bertz CT molecular complexity index is 1200. The first-order valence-corrected chi connectivity index (χ1v) is 15.3. The molecule has 41 heavy (non-hydrogen) atoms. The third-order valence-electron chi connectivity index (χ3n) is 7.92. The molecule has 2 saturated heterocycles. The third-order valence-corrected chi connectivity index (χ3v) is 8.90. The second-order valence-electron chi connectivity index (χ2n) is 12.2. The summed E-state index contributed by atoms with van der Waals surface area (Å²) in [5.74, 6) is -1.08. The minimum absolute atomic E-state index is 0.00180. The molecule has 10 nitrogen and oxygen atoms in total. The maximum absolute atomic E-state index is 13.8. The van der Waals surface area contributed by atoms with Crippen LogP contribution >= 0.6 is 11.3 Å². The molecule has 3 heterocycles. The summed E-state index contributed by atoms with van der Waals surface area (Å²) < 4.78 is 0. The molecule has 11 heteroatoms. The van der Waals surface area contributed by atoms with Crippen molar-refractivity contribution in [1.29, 1.82) is 0 Å². The number of β-amino-alcohol motifs (C(OH)–C–C–N with tert-alkyl or cyclic N) is 1. The fourth-order valence-corrected chi connectivity index (χ4v) is 6.41. The van der Waals surface area contributed by atoms with Crippen molar-refractivity contribution in [2.75, 3.05) is 32.8 Å². The second kappa shape index (κ2) is 13.4. The van der Waals surface area contributed by atoms with Crippen molar-refractivity contribution in [2.24, 2.45) is 5.41 Å². The Morgan fingerprint density at radius 1 is 1.10 bits per heavy atom. The van der Waals surface area contributed by atoms with Gasteiger partial charge in [0.25, 0.3) is 0 Å². The van der Waals surface area contributed by atoms with Crippen molar-refractivity contribution < 1.29 is 24.6 Å². The molecule has 0 radical (unpaired) electrons. The first-order chi connectivity index (χ1) is 19.5. The summed E-state index contributed by atoms with van der Waals surface area (Å²) in [6.07, 6.45) is 2.49. The molecule has 0 bridgehead atoms. The van der Waals surface area contributed by atoms with E-state index in [9.17, 15) is 24.6 Å². The predicted octanol–water partition coefficient (Wildman–Crippen LogP) is 2.25. The molecule has 2 fully saturated rings. The van der Waals surface area contributed by atoms with E-state index in [0.29, 0.717) is 0 Å². The molecule has 2 aliphatic rings. The highest BCUT2D eigenvalue weighted by Gasteiger charge is 2.45. The minimum atomic E-state index is -0.922. The lowest BCUT2D eigenvalue weighted by molar-refractivity contribution is -0.144. The van der Waals surface area contributed by atoms with E-state index >= 15 is 0 Å². The van der Waals surface area contributed by atoms with Gasteiger partial charge in [0.2, 0.25) is 17.7 Å². The average molecular weight is 586 g/mol. The molecule has 3 amide bonds. The van der Waals surface area contributed by atoms with Gasteiger partial charge in [0.1, 0.15) is 12.1 Å². The van der Waals surface area contributed by atoms with Crippen LogP contribution in [0.15, 0.2) is 29.8 Å². The minimum Gasteiger partial charge on any atom is -0.394 e. The number of hydrogen-bond acceptors (Lipinski definition) is 8. The lowest BCUT2D eigenvalue weighted by Gasteiger charge is -2.36. The zero-order chi connectivity index (χ0) is 29.7. The molecular formula is C30H43N5O5S. The van der Waals surface area contributed by atoms with Gasteiger partial charge in [-0.15, -0.1) is 11.3 Å². The van der Waals surface area contributed by atoms with Crippen LogP contribution in [-0.2, 0) is 14.4 Å². The number of carbonyl (C=O) groups excluding carboxylic acids is 3. The van der Waals surface area contributed by atoms with E-state index in [0.717, 1.165) is 54.0 Å². The number of benzene rings is 1. The number of thiazole rings is 1. The van der Waals surface area contributed by atoms with E-state index in [-0.39, 0.29) is 32.0 Å². The zero-order valence-electron chi connectivity index (χ0n) is 24.4. The number of aryl methyl sites for hydroxylation is 1. The van der Waals surface area contributed by atoms with Gasteiger partial charge in [-0.3, -0.25) is 19.3 Å². The monoisotopic (exact) mass is 585 g/mol. The first kappa shape index (κ1) is 31.1. The molecule has 0 aliphatic carbocycles. The molecule has 0 unspecified atom stereocenters. The molecule has 224 valence electrons. The molecule has 4 rings (SSSR count). The van der Waals surface area contributed by atoms with E-state index in [4.69, 9.17) is 0 Å². The Morgan fingerprint density at radius 2 is 1.78 bits per heavy atom. The van der Waals surface area contributed by atoms with Gasteiger partial charge < -0.3 is 25.7 Å². The number of piperidine rings is 1. The standard InChI is InChI=1S/C30H43N5O5S/c1-19-26(41-18-31-19)21-10-8-20(9-11-21)23(17-36)32-28(39)24-14-22(37)15-35(24)29(40)27(30(2,3)4)33-25(38)16-34-12-6-5-7-13-34/h8-11,18,22-24,27,36-37H,5-7,12-17H2,1-4H3,(H,32,39)(H,33,38)/t22-,23+,24+,27-/m1/s1. The van der Waals surface area contributed by atoms with Gasteiger partial charge in [-0.1, -0.05) is 51.5 Å². The number of nitrogens with zero attached hydrogens (tertiary/aromatic N) is 3. The van der Waals surface area contributed by atoms with Crippen molar-refractivity contribution in [3.63, 3.8) is 0 Å². The van der Waals surface area contributed by atoms with Gasteiger partial charge >= 0.3 is 0 Å². The van der Waals surface area contributed by atoms with Crippen LogP contribution in [0.3, 0.4) is 0 Å². The first-order valence-electron chi connectivity index (χ1n) is 14.4. The summed E-state index contributed by atoms with van der Waals surface area (Å²) in [4.78, 5) is 49.1. The second-order valence-corrected chi connectivity index (χ2v) is 13.1. The number of carbonyl (C=O) groups is 3. The Morgan fingerprint density at radius 3 is 2.37 bits per heavy atom. The van der Waals surface area contributed by atoms with Gasteiger partial charge in [0.05, 0.1) is 41.4 Å². The summed E-state index contributed by atoms with van der Waals surface area (Å²) in [7, 11) is 0. The highest BCUT2D eigenvalue weighted by molar-refractivity contribution is 7.13. The summed E-state index contributed by atoms with van der Waals surface area (Å²) in [5, 5.41) is 26.4. The number of hydrogen-bond donors (Lipinski definition) is 4. The Labute approximate surface area is 246 Å². The van der Waals surface area contributed by atoms with E-state index < -0.39 is 41.5 Å². The van der Waals surface area contributed by atoms with Crippen LogP contribution in [0.1, 0.15) is 63.8 Å². The van der Waals surface area contributed by atoms with E-state index in [1.807, 2.05) is 52.0 Å². The lowest BCUT2D eigenvalue weighted by atomic mass is 9.85. The van der Waals surface area contributed by atoms with Crippen LogP contribution < -0.4 is 10.6 Å². The van der Waals surface area contributed by atoms with Crippen molar-refractivity contribution in [3.8, 4) is 10.4 Å². The highest BCUT2D eigenvalue weighted by atomic mass is 32.1. The van der Waals surface area contributed by atoms with E-state index in [2.05, 4.69) is 20.5 Å². The number of aliphatic hydroxyl groups excluding tert-OH is 2. The van der Waals surface area contributed by atoms with Crippen LogP contribution in [-0.4, -0.2) is 93.7 Å². The number of aromatic nitrogens is 1. The quantitative estimate of drug-likeness (QED) is 0.355. The van der Waals surface area contributed by atoms with E-state index in [1.54, 1.807) is 16.8 Å². The normalized spacial score (nSPS) is 21.4. The summed E-state index contributed by atoms with van der Waals surface area (Å²) in [5.41, 5.74) is 3.84. The number of nitrogens with one attached hydrogen (secondary N) is 2. The maximum atomic E-state index is 13.8. The smallest absolute Gasteiger partial charge is 0.246 e. The van der Waals surface area contributed by atoms with Gasteiger partial charge in [-0.2, -0.15) is 0 Å². The lowest BCUT2D eigenvalue weighted by Crippen LogP contribution is -2.59. The van der Waals surface area contributed by atoms with Gasteiger partial charge in [0.15, 0.2) is 0 Å². The molecule has 2 aliphatic heterocycles. The van der Waals surface area contributed by atoms with E-state index in [1.165, 1.54) is 4.90 Å². The number of aliphatic hydroxyl groups is 2. The molecule has 2 aromatic rings. The van der Waals surface area contributed by atoms with Crippen LogP contribution in [0.2, 0.25) is 0 Å². The number of amides is 3. The van der Waals surface area contributed by atoms with Crippen molar-refractivity contribution in [2.45, 2.75) is 77.6 Å². The molecule has 1 aromatic heterocycles. The van der Waals surface area contributed by atoms with Crippen molar-refractivity contribution in [3.05, 3.63) is 41.0 Å². The van der Waals surface area contributed by atoms with Gasteiger partial charge in [0, 0.05) is 13.0 Å². The topological polar surface area (TPSA) is 135 Å². The molecule has 1 aromatic carbocycles. The Balaban J connectivity index is 1.45. The zero-order valence-corrected chi connectivity index (χ0v) is 25.2. The van der Waals surface area contributed by atoms with Crippen LogP contribution in [0.5, 0.6) is 0 Å². The van der Waals surface area contributed by atoms with Crippen LogP contribution in [0.4, 0.5) is 0 Å². The van der Waals surface area contributed by atoms with Gasteiger partial charge in [-0.05, 0) is 49.4 Å². The summed E-state index contributed by atoms with van der Waals surface area (Å²) >= 11 is 1.55. The molecule has 4 N–H and O–H groups in total. The Hall–Kier alpha value is -2.86. The van der Waals surface area contributed by atoms with Gasteiger partial charge in [-0.25, -0.2) is 4.98 Å². The highest BCUT2D eigenvalue weighted by Crippen LogP contribution is 2.29. The summed E-state index contributed by atoms with van der Waals surface area (Å²) in [6.45, 7) is 9.19. The molecule has 0 spiro atoms. The summed E-state index contributed by atoms with van der Waals surface area (Å²) in [6, 6.07) is 5.11. The molecular weight excluding hydrogens is 542 g/mol. The SMILES string of the molecule is Cc1ncsc1-c1ccc([C@H](CO)NC(=O)[C@@H]2C[C@@H](O)CN2C(=O)[C@@H](NC(=O)CN2CCCCC2)C(C)(C)C)cc1.